The number of thiophene rings is 1. The summed E-state index contributed by atoms with van der Waals surface area (Å²) in [5.41, 5.74) is 0.0760. The van der Waals surface area contributed by atoms with Gasteiger partial charge >= 0.3 is 6.09 Å². The lowest BCUT2D eigenvalue weighted by Crippen LogP contribution is -2.67. The molecular weight excluding hydrogens is 521 g/mol. The Morgan fingerprint density at radius 2 is 2.08 bits per heavy atom. The zero-order valence-corrected chi connectivity index (χ0v) is 24.0. The molecule has 2 aliphatic rings. The van der Waals surface area contributed by atoms with E-state index in [2.05, 4.69) is 4.90 Å². The highest BCUT2D eigenvalue weighted by Gasteiger charge is 2.52. The Hall–Kier alpha value is -2.69. The third kappa shape index (κ3) is 6.91. The van der Waals surface area contributed by atoms with Gasteiger partial charge in [0, 0.05) is 50.6 Å². The summed E-state index contributed by atoms with van der Waals surface area (Å²) in [7, 11) is 1.56. The Kier molecular flexibility index (Phi) is 9.51. The van der Waals surface area contributed by atoms with Crippen molar-refractivity contribution < 1.29 is 28.6 Å². The fourth-order valence-corrected chi connectivity index (χ4v) is 6.17. The van der Waals surface area contributed by atoms with Gasteiger partial charge in [-0.25, -0.2) is 9.18 Å². The summed E-state index contributed by atoms with van der Waals surface area (Å²) in [6.45, 7) is 7.90. The van der Waals surface area contributed by atoms with Gasteiger partial charge in [-0.3, -0.25) is 9.69 Å². The standard InChI is InChI=1S/C29H40FN3O5S/c1-20(2)33-19-29(38-21(3)27(33)34)13-16-32(18-26(29)30)15-11-22-8-5-6-9-23(22)37-24(25-10-7-17-39-25)12-14-31(4)28(35)36/h5-10,17,20-21,24,26H,11-16,18-19H2,1-4H3,(H,35,36)/t21-,24-,26+,29-/m1/s1. The van der Waals surface area contributed by atoms with Gasteiger partial charge in [-0.2, -0.15) is 0 Å². The van der Waals surface area contributed by atoms with Crippen LogP contribution in [0.25, 0.3) is 0 Å². The molecule has 1 spiro atoms. The molecule has 1 N–H and O–H groups in total. The Bertz CT molecular complexity index is 1120. The number of ether oxygens (including phenoxy) is 2. The molecule has 2 saturated heterocycles. The van der Waals surface area contributed by atoms with Gasteiger partial charge in [-0.15, -0.1) is 11.3 Å². The number of alkyl halides is 1. The average molecular weight is 562 g/mol. The van der Waals surface area contributed by atoms with E-state index in [0.717, 1.165) is 16.2 Å². The van der Waals surface area contributed by atoms with Crippen LogP contribution < -0.4 is 4.74 Å². The lowest BCUT2D eigenvalue weighted by atomic mass is 9.86. The van der Waals surface area contributed by atoms with Gasteiger partial charge in [-0.1, -0.05) is 24.3 Å². The molecule has 2 amide bonds. The van der Waals surface area contributed by atoms with E-state index in [1.807, 2.05) is 55.6 Å². The van der Waals surface area contributed by atoms with Crippen LogP contribution in [0.1, 0.15) is 50.2 Å². The molecule has 39 heavy (non-hydrogen) atoms. The molecule has 2 aliphatic heterocycles. The van der Waals surface area contributed by atoms with Gasteiger partial charge in [0.1, 0.15) is 29.7 Å². The average Bonchev–Trinajstić information content (AvgIpc) is 3.44. The van der Waals surface area contributed by atoms with Crippen molar-refractivity contribution in [2.75, 3.05) is 39.8 Å². The molecule has 2 aromatic rings. The van der Waals surface area contributed by atoms with Gasteiger partial charge < -0.3 is 24.4 Å². The summed E-state index contributed by atoms with van der Waals surface area (Å²) in [5.74, 6) is 0.687. The molecule has 2 fully saturated rings. The summed E-state index contributed by atoms with van der Waals surface area (Å²) in [4.78, 5) is 30.0. The van der Waals surface area contributed by atoms with Gasteiger partial charge in [0.2, 0.25) is 0 Å². The van der Waals surface area contributed by atoms with E-state index < -0.39 is 24.0 Å². The van der Waals surface area contributed by atoms with Crippen molar-refractivity contribution in [3.05, 3.63) is 52.2 Å². The molecule has 4 atom stereocenters. The number of likely N-dealkylation sites (tertiary alicyclic amines) is 1. The smallest absolute Gasteiger partial charge is 0.407 e. The maximum Gasteiger partial charge on any atom is 0.407 e. The molecule has 4 rings (SSSR count). The normalized spacial score (nSPS) is 24.8. The van der Waals surface area contributed by atoms with E-state index in [0.29, 0.717) is 45.4 Å². The van der Waals surface area contributed by atoms with Crippen LogP contribution in [0, 0.1) is 0 Å². The molecule has 0 bridgehead atoms. The predicted octanol–water partition coefficient (Wildman–Crippen LogP) is 4.85. The number of carbonyl (C=O) groups is 2. The van der Waals surface area contributed by atoms with E-state index >= 15 is 4.39 Å². The van der Waals surface area contributed by atoms with Crippen molar-refractivity contribution in [1.82, 2.24) is 14.7 Å². The zero-order valence-electron chi connectivity index (χ0n) is 23.2. The number of hydrogen-bond acceptors (Lipinski definition) is 6. The zero-order chi connectivity index (χ0) is 28.2. The minimum absolute atomic E-state index is 0.00462. The number of rotatable bonds is 10. The van der Waals surface area contributed by atoms with E-state index in [1.54, 1.807) is 30.2 Å². The summed E-state index contributed by atoms with van der Waals surface area (Å²) in [6.07, 6.45) is -1.31. The number of benzene rings is 1. The molecule has 1 aromatic carbocycles. The lowest BCUT2D eigenvalue weighted by molar-refractivity contribution is -0.209. The molecule has 0 saturated carbocycles. The van der Waals surface area contributed by atoms with Crippen LogP contribution in [0.4, 0.5) is 9.18 Å². The first kappa shape index (κ1) is 29.3. The van der Waals surface area contributed by atoms with Crippen molar-refractivity contribution in [3.8, 4) is 5.75 Å². The second-order valence-electron chi connectivity index (χ2n) is 10.9. The number of halogens is 1. The first-order valence-corrected chi connectivity index (χ1v) is 14.5. The quantitative estimate of drug-likeness (QED) is 0.447. The molecule has 0 unspecified atom stereocenters. The van der Waals surface area contributed by atoms with Crippen molar-refractivity contribution in [3.63, 3.8) is 0 Å². The molecule has 1 aromatic heterocycles. The van der Waals surface area contributed by atoms with E-state index in [4.69, 9.17) is 9.47 Å². The van der Waals surface area contributed by atoms with E-state index in [-0.39, 0.29) is 24.6 Å². The third-order valence-electron chi connectivity index (χ3n) is 7.80. The summed E-state index contributed by atoms with van der Waals surface area (Å²) in [5, 5.41) is 11.2. The molecule has 8 nitrogen and oxygen atoms in total. The fraction of sp³-hybridized carbons (Fsp3) is 0.586. The predicted molar refractivity (Wildman–Crippen MR) is 149 cm³/mol. The van der Waals surface area contributed by atoms with Gasteiger partial charge in [0.05, 0.1) is 6.54 Å². The Labute approximate surface area is 234 Å². The molecule has 0 aliphatic carbocycles. The summed E-state index contributed by atoms with van der Waals surface area (Å²) in [6, 6.07) is 11.8. The van der Waals surface area contributed by atoms with Gasteiger partial charge in [0.15, 0.2) is 0 Å². The molecule has 214 valence electrons. The Balaban J connectivity index is 1.39. The number of carbonyl (C=O) groups excluding carboxylic acids is 1. The molecule has 10 heteroatoms. The monoisotopic (exact) mass is 561 g/mol. The molecular formula is C29H40FN3O5S. The highest BCUT2D eigenvalue weighted by atomic mass is 32.1. The van der Waals surface area contributed by atoms with Crippen molar-refractivity contribution in [2.24, 2.45) is 0 Å². The van der Waals surface area contributed by atoms with Crippen LogP contribution in [0.2, 0.25) is 0 Å². The number of nitrogens with zero attached hydrogens (tertiary/aromatic N) is 3. The maximum absolute atomic E-state index is 15.7. The highest BCUT2D eigenvalue weighted by molar-refractivity contribution is 7.10. The second kappa shape index (κ2) is 12.7. The minimum atomic E-state index is -1.19. The number of carboxylic acid groups (broad SMARTS) is 1. The van der Waals surface area contributed by atoms with Gasteiger partial charge in [0.25, 0.3) is 5.91 Å². The Morgan fingerprint density at radius 1 is 1.31 bits per heavy atom. The van der Waals surface area contributed by atoms with Gasteiger partial charge in [-0.05, 0) is 56.7 Å². The largest absolute Gasteiger partial charge is 0.485 e. The number of para-hydroxylation sites is 1. The third-order valence-corrected chi connectivity index (χ3v) is 8.76. The molecule has 0 radical (unpaired) electrons. The number of hydrogen-bond donors (Lipinski definition) is 1. The van der Waals surface area contributed by atoms with E-state index in [9.17, 15) is 14.7 Å². The van der Waals surface area contributed by atoms with Crippen LogP contribution in [-0.4, -0.2) is 95.5 Å². The Morgan fingerprint density at radius 3 is 2.74 bits per heavy atom. The summed E-state index contributed by atoms with van der Waals surface area (Å²) < 4.78 is 28.2. The fourth-order valence-electron chi connectivity index (χ4n) is 5.38. The topological polar surface area (TPSA) is 82.6 Å². The van der Waals surface area contributed by atoms with Crippen molar-refractivity contribution in [2.45, 2.75) is 70.1 Å². The maximum atomic E-state index is 15.7. The van der Waals surface area contributed by atoms with Crippen LogP contribution in [0.5, 0.6) is 5.75 Å². The highest BCUT2D eigenvalue weighted by Crippen LogP contribution is 2.36. The molecule has 3 heterocycles. The SMILES string of the molecule is CC(C)N1C[C@@]2(CCN(CCc3ccccc3O[C@H](CCN(C)C(=O)O)c3cccs3)C[C@@H]2F)O[C@H](C)C1=O. The number of morpholine rings is 1. The van der Waals surface area contributed by atoms with Crippen LogP contribution in [0.15, 0.2) is 41.8 Å². The number of amides is 2. The summed E-state index contributed by atoms with van der Waals surface area (Å²) >= 11 is 1.59. The van der Waals surface area contributed by atoms with Crippen LogP contribution in [-0.2, 0) is 16.0 Å². The minimum Gasteiger partial charge on any atom is -0.485 e. The van der Waals surface area contributed by atoms with Crippen molar-refractivity contribution in [1.29, 1.82) is 0 Å². The number of piperidine rings is 1. The van der Waals surface area contributed by atoms with Crippen LogP contribution in [0.3, 0.4) is 0 Å². The first-order chi connectivity index (χ1) is 18.6. The van der Waals surface area contributed by atoms with E-state index in [1.165, 1.54) is 4.90 Å². The van der Waals surface area contributed by atoms with Crippen LogP contribution >= 0.6 is 11.3 Å². The second-order valence-corrected chi connectivity index (χ2v) is 11.9. The first-order valence-electron chi connectivity index (χ1n) is 13.7. The lowest BCUT2D eigenvalue weighted by Gasteiger charge is -2.51. The van der Waals surface area contributed by atoms with Crippen molar-refractivity contribution >= 4 is 23.3 Å².